The molecule has 2 rings (SSSR count). The number of hydrogen-bond donors (Lipinski definition) is 1. The van der Waals surface area contributed by atoms with Gasteiger partial charge in [-0.1, -0.05) is 5.92 Å². The first-order valence-electron chi connectivity index (χ1n) is 5.68. The maximum atomic E-state index is 5.37. The number of hydrogen-bond acceptors (Lipinski definition) is 2. The van der Waals surface area contributed by atoms with Gasteiger partial charge in [-0.25, -0.2) is 0 Å². The molecule has 0 amide bonds. The van der Waals surface area contributed by atoms with E-state index in [1.165, 1.54) is 25.8 Å². The molecule has 1 aliphatic carbocycles. The third kappa shape index (κ3) is 2.10. The molecule has 2 aliphatic rings. The van der Waals surface area contributed by atoms with Crippen LogP contribution in [0.3, 0.4) is 0 Å². The van der Waals surface area contributed by atoms with E-state index in [9.17, 15) is 0 Å². The fraction of sp³-hybridized carbons (Fsp3) is 0.833. The molecule has 0 aromatic rings. The summed E-state index contributed by atoms with van der Waals surface area (Å²) in [4.78, 5) is 2.64. The van der Waals surface area contributed by atoms with Crippen LogP contribution in [-0.2, 0) is 0 Å². The lowest BCUT2D eigenvalue weighted by atomic mass is 10.2. The van der Waals surface area contributed by atoms with Crippen molar-refractivity contribution in [2.45, 2.75) is 57.3 Å². The summed E-state index contributed by atoms with van der Waals surface area (Å²) in [6.07, 6.45) is 9.43. The highest BCUT2D eigenvalue weighted by molar-refractivity contribution is 5.01. The van der Waals surface area contributed by atoms with E-state index in [-0.39, 0.29) is 6.04 Å². The van der Waals surface area contributed by atoms with Crippen molar-refractivity contribution >= 4 is 0 Å². The molecule has 3 atom stereocenters. The Morgan fingerprint density at radius 1 is 1.50 bits per heavy atom. The predicted octanol–water partition coefficient (Wildman–Crippen LogP) is 1.22. The highest BCUT2D eigenvalue weighted by Crippen LogP contribution is 2.33. The van der Waals surface area contributed by atoms with Gasteiger partial charge in [0.15, 0.2) is 0 Å². The molecule has 0 aromatic heterocycles. The van der Waals surface area contributed by atoms with Crippen molar-refractivity contribution in [2.75, 3.05) is 6.54 Å². The van der Waals surface area contributed by atoms with Gasteiger partial charge in [0.1, 0.15) is 0 Å². The van der Waals surface area contributed by atoms with Crippen LogP contribution in [0.2, 0.25) is 0 Å². The van der Waals surface area contributed by atoms with Crippen LogP contribution in [0.15, 0.2) is 0 Å². The first-order valence-corrected chi connectivity index (χ1v) is 5.68. The molecule has 1 saturated carbocycles. The summed E-state index contributed by atoms with van der Waals surface area (Å²) in [7, 11) is 0. The second-order valence-corrected chi connectivity index (χ2v) is 4.76. The molecule has 1 heterocycles. The Kier molecular flexibility index (Phi) is 2.80. The Bertz CT molecular complexity index is 239. The van der Waals surface area contributed by atoms with Crippen LogP contribution in [0.1, 0.15) is 33.1 Å². The zero-order valence-electron chi connectivity index (χ0n) is 9.16. The molecule has 0 spiro atoms. The van der Waals surface area contributed by atoms with Crippen LogP contribution >= 0.6 is 0 Å². The molecule has 14 heavy (non-hydrogen) atoms. The van der Waals surface area contributed by atoms with E-state index in [1.54, 1.807) is 0 Å². The van der Waals surface area contributed by atoms with E-state index < -0.39 is 0 Å². The molecule has 1 aliphatic heterocycles. The van der Waals surface area contributed by atoms with E-state index in [2.05, 4.69) is 30.0 Å². The van der Waals surface area contributed by atoms with E-state index in [0.717, 1.165) is 12.1 Å². The zero-order chi connectivity index (χ0) is 10.1. The molecule has 2 heteroatoms. The first-order chi connectivity index (χ1) is 6.70. The molecule has 2 fully saturated rings. The van der Waals surface area contributed by atoms with Gasteiger partial charge in [0.05, 0.1) is 6.04 Å². The maximum Gasteiger partial charge on any atom is 0.0660 e. The van der Waals surface area contributed by atoms with Crippen LogP contribution in [0.4, 0.5) is 0 Å². The number of rotatable bonds is 3. The number of likely N-dealkylation sites (tertiary alicyclic amines) is 1. The number of nitrogens with one attached hydrogen (secondary N) is 1. The van der Waals surface area contributed by atoms with Gasteiger partial charge in [-0.2, -0.15) is 0 Å². The van der Waals surface area contributed by atoms with Gasteiger partial charge in [-0.3, -0.25) is 10.2 Å². The van der Waals surface area contributed by atoms with Crippen molar-refractivity contribution in [1.82, 2.24) is 10.2 Å². The minimum atomic E-state index is 0.214. The number of nitrogens with zero attached hydrogens (tertiary/aromatic N) is 1. The predicted molar refractivity (Wildman–Crippen MR) is 59.0 cm³/mol. The van der Waals surface area contributed by atoms with E-state index in [1.807, 2.05) is 0 Å². The monoisotopic (exact) mass is 192 g/mol. The van der Waals surface area contributed by atoms with Gasteiger partial charge in [0, 0.05) is 24.7 Å². The van der Waals surface area contributed by atoms with Gasteiger partial charge >= 0.3 is 0 Å². The average Bonchev–Trinajstić information content (AvgIpc) is 2.92. The highest BCUT2D eigenvalue weighted by Gasteiger charge is 2.38. The van der Waals surface area contributed by atoms with Gasteiger partial charge < -0.3 is 0 Å². The van der Waals surface area contributed by atoms with Crippen molar-refractivity contribution < 1.29 is 0 Å². The fourth-order valence-corrected chi connectivity index (χ4v) is 2.49. The fourth-order valence-electron chi connectivity index (χ4n) is 2.49. The van der Waals surface area contributed by atoms with Crippen LogP contribution in [0, 0.1) is 12.3 Å². The normalized spacial score (nSPS) is 35.5. The molecule has 2 nitrogen and oxygen atoms in total. The Balaban J connectivity index is 1.83. The summed E-state index contributed by atoms with van der Waals surface area (Å²) in [5, 5.41) is 3.49. The molecule has 3 unspecified atom stereocenters. The van der Waals surface area contributed by atoms with Gasteiger partial charge in [-0.05, 0) is 33.1 Å². The molecule has 0 bridgehead atoms. The van der Waals surface area contributed by atoms with E-state index in [4.69, 9.17) is 6.42 Å². The summed E-state index contributed by atoms with van der Waals surface area (Å²) < 4.78 is 0. The molecular weight excluding hydrogens is 172 g/mol. The van der Waals surface area contributed by atoms with Crippen molar-refractivity contribution in [2.24, 2.45) is 0 Å². The largest absolute Gasteiger partial charge is 0.300 e. The second-order valence-electron chi connectivity index (χ2n) is 4.76. The van der Waals surface area contributed by atoms with Crippen LogP contribution in [0.5, 0.6) is 0 Å². The SMILES string of the molecule is C#CC(C)NC1CC(C)N(C2CC2)C1. The third-order valence-corrected chi connectivity index (χ3v) is 3.37. The van der Waals surface area contributed by atoms with Crippen molar-refractivity contribution in [3.05, 3.63) is 0 Å². The standard InChI is InChI=1S/C12H20N2/c1-4-9(2)13-11-7-10(3)14(8-11)12-5-6-12/h1,9-13H,5-8H2,2-3H3. The van der Waals surface area contributed by atoms with Gasteiger partial charge in [0.2, 0.25) is 0 Å². The molecule has 78 valence electrons. The summed E-state index contributed by atoms with van der Waals surface area (Å²) in [5.41, 5.74) is 0. The van der Waals surface area contributed by atoms with Crippen molar-refractivity contribution in [3.8, 4) is 12.3 Å². The van der Waals surface area contributed by atoms with Gasteiger partial charge in [-0.15, -0.1) is 6.42 Å². The topological polar surface area (TPSA) is 15.3 Å². The molecule has 0 radical (unpaired) electrons. The highest BCUT2D eigenvalue weighted by atomic mass is 15.3. The number of terminal acetylenes is 1. The molecule has 0 aromatic carbocycles. The smallest absolute Gasteiger partial charge is 0.0660 e. The summed E-state index contributed by atoms with van der Waals surface area (Å²) >= 11 is 0. The first kappa shape index (κ1) is 10.0. The van der Waals surface area contributed by atoms with Crippen molar-refractivity contribution in [3.63, 3.8) is 0 Å². The Labute approximate surface area is 87.1 Å². The van der Waals surface area contributed by atoms with E-state index in [0.29, 0.717) is 6.04 Å². The molecular formula is C12H20N2. The Morgan fingerprint density at radius 3 is 2.79 bits per heavy atom. The van der Waals surface area contributed by atoms with Gasteiger partial charge in [0.25, 0.3) is 0 Å². The molecule has 1 saturated heterocycles. The van der Waals surface area contributed by atoms with Crippen molar-refractivity contribution in [1.29, 1.82) is 0 Å². The third-order valence-electron chi connectivity index (χ3n) is 3.37. The minimum Gasteiger partial charge on any atom is -0.300 e. The summed E-state index contributed by atoms with van der Waals surface area (Å²) in [5.74, 6) is 2.74. The average molecular weight is 192 g/mol. The Morgan fingerprint density at radius 2 is 2.21 bits per heavy atom. The Hall–Kier alpha value is -0.520. The zero-order valence-corrected chi connectivity index (χ0v) is 9.16. The lowest BCUT2D eigenvalue weighted by molar-refractivity contribution is 0.255. The quantitative estimate of drug-likeness (QED) is 0.676. The second kappa shape index (κ2) is 3.92. The van der Waals surface area contributed by atoms with Crippen LogP contribution in [-0.4, -0.2) is 35.6 Å². The summed E-state index contributed by atoms with van der Waals surface area (Å²) in [6, 6.07) is 2.45. The lowest BCUT2D eigenvalue weighted by Crippen LogP contribution is -2.38. The minimum absolute atomic E-state index is 0.214. The summed E-state index contributed by atoms with van der Waals surface area (Å²) in [6.45, 7) is 5.59. The molecule has 1 N–H and O–H groups in total. The van der Waals surface area contributed by atoms with E-state index >= 15 is 0 Å². The maximum absolute atomic E-state index is 5.37. The lowest BCUT2D eigenvalue weighted by Gasteiger charge is -2.20. The van der Waals surface area contributed by atoms with Crippen LogP contribution < -0.4 is 5.32 Å². The van der Waals surface area contributed by atoms with Crippen LogP contribution in [0.25, 0.3) is 0 Å².